The Morgan fingerprint density at radius 3 is 1.95 bits per heavy atom. The number of esters is 1. The quantitative estimate of drug-likeness (QED) is 0.276. The third-order valence-electron chi connectivity index (χ3n) is 7.05. The molecule has 2 unspecified atom stereocenters. The van der Waals surface area contributed by atoms with Gasteiger partial charge < -0.3 is 28.8 Å². The first-order chi connectivity index (χ1) is 19.8. The minimum atomic E-state index is -0.629. The molecule has 5 rings (SSSR count). The van der Waals surface area contributed by atoms with E-state index in [-0.39, 0.29) is 34.9 Å². The maximum absolute atomic E-state index is 13.1. The Kier molecular flexibility index (Phi) is 7.86. The second-order valence-corrected chi connectivity index (χ2v) is 9.59. The Bertz CT molecular complexity index is 1480. The lowest BCUT2D eigenvalue weighted by Crippen LogP contribution is -2.29. The minimum absolute atomic E-state index is 0.0587. The zero-order valence-corrected chi connectivity index (χ0v) is 23.3. The van der Waals surface area contributed by atoms with E-state index in [9.17, 15) is 9.59 Å². The van der Waals surface area contributed by atoms with Crippen LogP contribution in [0.3, 0.4) is 0 Å². The zero-order valence-electron chi connectivity index (χ0n) is 23.3. The first-order valence-corrected chi connectivity index (χ1v) is 13.0. The molecule has 0 aliphatic heterocycles. The number of benzene rings is 2. The van der Waals surface area contributed by atoms with Crippen molar-refractivity contribution >= 4 is 11.9 Å². The van der Waals surface area contributed by atoms with Crippen molar-refractivity contribution in [1.82, 2.24) is 20.4 Å². The fourth-order valence-electron chi connectivity index (χ4n) is 4.98. The fraction of sp³-hybridized carbons (Fsp3) is 0.300. The fourth-order valence-corrected chi connectivity index (χ4v) is 4.98. The van der Waals surface area contributed by atoms with E-state index in [0.717, 1.165) is 22.6 Å². The van der Waals surface area contributed by atoms with Gasteiger partial charge in [-0.25, -0.2) is 4.98 Å². The van der Waals surface area contributed by atoms with Crippen LogP contribution in [0.25, 0.3) is 0 Å². The van der Waals surface area contributed by atoms with E-state index >= 15 is 0 Å². The van der Waals surface area contributed by atoms with Crippen LogP contribution in [0.5, 0.6) is 23.0 Å². The molecule has 1 saturated carbocycles. The number of hydrogen-bond acceptors (Lipinski definition) is 10. The number of carbonyl (C=O) groups is 2. The second kappa shape index (κ2) is 11.7. The summed E-state index contributed by atoms with van der Waals surface area (Å²) < 4.78 is 26.8. The molecule has 41 heavy (non-hydrogen) atoms. The third kappa shape index (κ3) is 5.69. The number of carbonyl (C=O) groups excluding carboxylic acids is 2. The molecule has 11 heteroatoms. The van der Waals surface area contributed by atoms with Gasteiger partial charge in [-0.15, -0.1) is 0 Å². The maximum atomic E-state index is 13.1. The number of pyridine rings is 1. The lowest BCUT2D eigenvalue weighted by molar-refractivity contribution is -0.132. The van der Waals surface area contributed by atoms with E-state index in [1.54, 1.807) is 21.1 Å². The summed E-state index contributed by atoms with van der Waals surface area (Å²) >= 11 is 0. The highest BCUT2D eigenvalue weighted by Crippen LogP contribution is 2.66. The molecule has 1 amide bonds. The Labute approximate surface area is 236 Å². The average Bonchev–Trinajstić information content (AvgIpc) is 3.53. The van der Waals surface area contributed by atoms with Gasteiger partial charge in [-0.2, -0.15) is 4.98 Å². The van der Waals surface area contributed by atoms with Crippen molar-refractivity contribution in [2.24, 2.45) is 0 Å². The Morgan fingerprint density at radius 1 is 0.854 bits per heavy atom. The van der Waals surface area contributed by atoms with E-state index in [1.807, 2.05) is 48.5 Å². The molecule has 2 heterocycles. The molecule has 2 aromatic heterocycles. The van der Waals surface area contributed by atoms with Gasteiger partial charge in [0.1, 0.15) is 11.5 Å². The van der Waals surface area contributed by atoms with Crippen LogP contribution in [-0.4, -0.2) is 48.3 Å². The van der Waals surface area contributed by atoms with E-state index < -0.39 is 17.9 Å². The molecule has 212 valence electrons. The number of hydrogen-bond donors (Lipinski definition) is 1. The summed E-state index contributed by atoms with van der Waals surface area (Å²) in [6.45, 7) is 2.96. The van der Waals surface area contributed by atoms with Crippen molar-refractivity contribution in [2.45, 2.75) is 37.6 Å². The number of nitrogens with one attached hydrogen (secondary N) is 1. The van der Waals surface area contributed by atoms with Crippen LogP contribution in [0.1, 0.15) is 71.0 Å². The van der Waals surface area contributed by atoms with Crippen molar-refractivity contribution in [3.8, 4) is 23.0 Å². The molecule has 3 atom stereocenters. The van der Waals surface area contributed by atoms with Crippen LogP contribution in [0, 0.1) is 0 Å². The van der Waals surface area contributed by atoms with Crippen LogP contribution < -0.4 is 24.3 Å². The number of nitrogens with zero attached hydrogens (tertiary/aromatic N) is 3. The molecule has 0 saturated heterocycles. The minimum Gasteiger partial charge on any atom is -0.497 e. The first kappa shape index (κ1) is 27.6. The molecular formula is C30H30N4O7. The summed E-state index contributed by atoms with van der Waals surface area (Å²) in [5, 5.41) is 6.97. The topological polar surface area (TPSA) is 135 Å². The summed E-state index contributed by atoms with van der Waals surface area (Å²) in [6.07, 6.45) is 1.39. The SMILES string of the molecule is COc1ccc(C2C(c3ccc(OC)cc3)C2c2nc([C@H](C)NC(=O)c3nccc(OC)c3OC(C)=O)no2)cc1. The second-order valence-electron chi connectivity index (χ2n) is 9.59. The lowest BCUT2D eigenvalue weighted by atomic mass is 10.0. The van der Waals surface area contributed by atoms with E-state index in [0.29, 0.717) is 11.7 Å². The molecule has 0 radical (unpaired) electrons. The van der Waals surface area contributed by atoms with Crippen LogP contribution in [0.15, 0.2) is 65.3 Å². The monoisotopic (exact) mass is 558 g/mol. The van der Waals surface area contributed by atoms with Gasteiger partial charge in [0.2, 0.25) is 11.6 Å². The number of aromatic nitrogens is 3. The van der Waals surface area contributed by atoms with Crippen LogP contribution in [-0.2, 0) is 4.79 Å². The smallest absolute Gasteiger partial charge is 0.308 e. The first-order valence-electron chi connectivity index (χ1n) is 13.0. The average molecular weight is 559 g/mol. The van der Waals surface area contributed by atoms with Gasteiger partial charge in [-0.05, 0) is 42.3 Å². The third-order valence-corrected chi connectivity index (χ3v) is 7.05. The van der Waals surface area contributed by atoms with Crippen molar-refractivity contribution in [3.05, 3.63) is 89.3 Å². The lowest BCUT2D eigenvalue weighted by Gasteiger charge is -2.14. The molecule has 1 aliphatic carbocycles. The molecule has 1 fully saturated rings. The Hall–Kier alpha value is -4.93. The van der Waals surface area contributed by atoms with Gasteiger partial charge >= 0.3 is 5.97 Å². The molecule has 11 nitrogen and oxygen atoms in total. The van der Waals surface area contributed by atoms with Crippen molar-refractivity contribution in [1.29, 1.82) is 0 Å². The summed E-state index contributed by atoms with van der Waals surface area (Å²) in [5.74, 6) is 1.44. The highest BCUT2D eigenvalue weighted by atomic mass is 16.6. The zero-order chi connectivity index (χ0) is 29.1. The molecule has 0 spiro atoms. The molecule has 0 bridgehead atoms. The van der Waals surface area contributed by atoms with Crippen molar-refractivity contribution < 1.29 is 33.1 Å². The van der Waals surface area contributed by atoms with Gasteiger partial charge in [0.25, 0.3) is 5.91 Å². The highest BCUT2D eigenvalue weighted by Gasteiger charge is 2.56. The largest absolute Gasteiger partial charge is 0.497 e. The standard InChI is InChI=1S/C30H30N4O7/c1-16(32-29(36)26-27(40-17(2)35)22(39-5)14-15-31-26)28-33-30(41-34-28)25-23(18-6-10-20(37-3)11-7-18)24(25)19-8-12-21(38-4)13-9-19/h6-16,23-25H,1-5H3,(H,32,36)/t16-,23?,24?,25?/m0/s1. The molecule has 1 N–H and O–H groups in total. The predicted molar refractivity (Wildman–Crippen MR) is 146 cm³/mol. The number of rotatable bonds is 10. The van der Waals surface area contributed by atoms with Crippen molar-refractivity contribution in [3.63, 3.8) is 0 Å². The van der Waals surface area contributed by atoms with E-state index in [1.165, 1.54) is 26.3 Å². The van der Waals surface area contributed by atoms with Crippen LogP contribution in [0.4, 0.5) is 0 Å². The van der Waals surface area contributed by atoms with Crippen LogP contribution in [0.2, 0.25) is 0 Å². The molecule has 1 aliphatic rings. The number of methoxy groups -OCH3 is 3. The summed E-state index contributed by atoms with van der Waals surface area (Å²) in [6, 6.07) is 16.8. The summed E-state index contributed by atoms with van der Waals surface area (Å²) in [4.78, 5) is 33.5. The molecule has 4 aromatic rings. The predicted octanol–water partition coefficient (Wildman–Crippen LogP) is 4.57. The highest BCUT2D eigenvalue weighted by molar-refractivity contribution is 5.96. The van der Waals surface area contributed by atoms with Crippen LogP contribution >= 0.6 is 0 Å². The van der Waals surface area contributed by atoms with E-state index in [2.05, 4.69) is 20.4 Å². The summed E-state index contributed by atoms with van der Waals surface area (Å²) in [7, 11) is 4.68. The Morgan fingerprint density at radius 2 is 1.44 bits per heavy atom. The van der Waals surface area contributed by atoms with Gasteiger partial charge in [0.05, 0.1) is 33.3 Å². The van der Waals surface area contributed by atoms with Gasteiger partial charge in [0, 0.05) is 31.0 Å². The number of amides is 1. The Balaban J connectivity index is 1.38. The molecule has 2 aromatic carbocycles. The van der Waals surface area contributed by atoms with Gasteiger partial charge in [-0.1, -0.05) is 29.4 Å². The molecular weight excluding hydrogens is 528 g/mol. The van der Waals surface area contributed by atoms with Gasteiger partial charge in [-0.3, -0.25) is 9.59 Å². The van der Waals surface area contributed by atoms with Gasteiger partial charge in [0.15, 0.2) is 17.3 Å². The maximum Gasteiger partial charge on any atom is 0.308 e. The normalized spacial score (nSPS) is 18.2. The van der Waals surface area contributed by atoms with E-state index in [4.69, 9.17) is 23.5 Å². The summed E-state index contributed by atoms with van der Waals surface area (Å²) in [5.41, 5.74) is 2.15. The number of ether oxygens (including phenoxy) is 4. The van der Waals surface area contributed by atoms with Crippen molar-refractivity contribution in [2.75, 3.05) is 21.3 Å².